The van der Waals surface area contributed by atoms with Gasteiger partial charge < -0.3 is 5.32 Å². The van der Waals surface area contributed by atoms with Gasteiger partial charge in [-0.3, -0.25) is 10.1 Å². The Morgan fingerprint density at radius 2 is 2.00 bits per heavy atom. The summed E-state index contributed by atoms with van der Waals surface area (Å²) in [5.74, 6) is 0. The molecule has 7 nitrogen and oxygen atoms in total. The van der Waals surface area contributed by atoms with E-state index in [1.165, 1.54) is 18.2 Å². The molecule has 0 unspecified atom stereocenters. The highest BCUT2D eigenvalue weighted by Gasteiger charge is 2.26. The van der Waals surface area contributed by atoms with Crippen molar-refractivity contribution in [3.8, 4) is 0 Å². The predicted molar refractivity (Wildman–Crippen MR) is 99.2 cm³/mol. The third-order valence-corrected chi connectivity index (χ3v) is 5.92. The van der Waals surface area contributed by atoms with E-state index in [-0.39, 0.29) is 16.0 Å². The summed E-state index contributed by atoms with van der Waals surface area (Å²) in [5, 5.41) is 17.3. The zero-order valence-corrected chi connectivity index (χ0v) is 16.2. The first-order valence-corrected chi connectivity index (χ1v) is 10.4. The second-order valence-electron chi connectivity index (χ2n) is 6.75. The quantitative estimate of drug-likeness (QED) is 0.606. The van der Waals surface area contributed by atoms with Crippen LogP contribution in [-0.4, -0.2) is 31.1 Å². The van der Waals surface area contributed by atoms with Crippen molar-refractivity contribution in [2.75, 3.05) is 18.1 Å². The number of hydrogen-bond donors (Lipinski definition) is 1. The van der Waals surface area contributed by atoms with Crippen molar-refractivity contribution >= 4 is 32.5 Å². The molecule has 2 aromatic rings. The summed E-state index contributed by atoms with van der Waals surface area (Å²) in [6.45, 7) is 6.69. The fraction of sp³-hybridized carbons (Fsp3) is 0.438. The molecule has 0 saturated carbocycles. The lowest BCUT2D eigenvalue weighted by atomic mass is 9.98. The lowest BCUT2D eigenvalue weighted by Gasteiger charge is -2.13. The smallest absolute Gasteiger partial charge is 0.310 e. The van der Waals surface area contributed by atoms with Crippen molar-refractivity contribution < 1.29 is 13.3 Å². The minimum atomic E-state index is -3.68. The summed E-state index contributed by atoms with van der Waals surface area (Å²) in [6, 6.07) is 4.25. The topological polar surface area (TPSA) is 102 Å². The van der Waals surface area contributed by atoms with Crippen LogP contribution in [0.5, 0.6) is 0 Å². The number of para-hydroxylation sites is 1. The van der Waals surface area contributed by atoms with Gasteiger partial charge in [-0.05, 0) is 12.1 Å². The third-order valence-electron chi connectivity index (χ3n) is 3.47. The van der Waals surface area contributed by atoms with Gasteiger partial charge >= 0.3 is 5.69 Å². The normalized spacial score (nSPS) is 12.2. The molecule has 1 heterocycles. The Labute approximate surface area is 151 Å². The SMILES string of the molecule is CC(C)(C)c1nc(CCNc2cccc(S(C)(=O)=O)c2[N+](=O)[O-])cs1. The highest BCUT2D eigenvalue weighted by Crippen LogP contribution is 2.32. The number of nitro groups is 1. The van der Waals surface area contributed by atoms with Crippen molar-refractivity contribution in [3.05, 3.63) is 44.4 Å². The number of benzene rings is 1. The molecule has 9 heteroatoms. The lowest BCUT2D eigenvalue weighted by Crippen LogP contribution is -2.12. The fourth-order valence-electron chi connectivity index (χ4n) is 2.24. The van der Waals surface area contributed by atoms with E-state index in [0.717, 1.165) is 17.0 Å². The van der Waals surface area contributed by atoms with Crippen LogP contribution in [-0.2, 0) is 21.7 Å². The monoisotopic (exact) mass is 383 g/mol. The van der Waals surface area contributed by atoms with Crippen molar-refractivity contribution in [1.82, 2.24) is 4.98 Å². The van der Waals surface area contributed by atoms with E-state index in [1.807, 2.05) is 5.38 Å². The van der Waals surface area contributed by atoms with E-state index < -0.39 is 20.4 Å². The van der Waals surface area contributed by atoms with Crippen LogP contribution < -0.4 is 5.32 Å². The Hall–Kier alpha value is -2.00. The molecule has 1 aromatic carbocycles. The molecule has 25 heavy (non-hydrogen) atoms. The van der Waals surface area contributed by atoms with Crippen molar-refractivity contribution in [2.45, 2.75) is 37.5 Å². The number of nitrogens with zero attached hydrogens (tertiary/aromatic N) is 2. The molecule has 0 amide bonds. The van der Waals surface area contributed by atoms with Crippen molar-refractivity contribution in [2.24, 2.45) is 0 Å². The Bertz CT molecular complexity index is 883. The molecule has 2 rings (SSSR count). The van der Waals surface area contributed by atoms with Gasteiger partial charge in [0.2, 0.25) is 0 Å². The van der Waals surface area contributed by atoms with Gasteiger partial charge in [-0.2, -0.15) is 0 Å². The number of rotatable bonds is 6. The molecule has 136 valence electrons. The van der Waals surface area contributed by atoms with Crippen LogP contribution in [0.3, 0.4) is 0 Å². The Morgan fingerprint density at radius 1 is 1.32 bits per heavy atom. The van der Waals surface area contributed by atoms with Gasteiger partial charge in [0.05, 0.1) is 15.6 Å². The van der Waals surface area contributed by atoms with E-state index in [9.17, 15) is 18.5 Å². The van der Waals surface area contributed by atoms with Gasteiger partial charge in [0.25, 0.3) is 0 Å². The zero-order chi connectivity index (χ0) is 18.8. The first-order valence-electron chi connectivity index (χ1n) is 7.66. The van der Waals surface area contributed by atoms with E-state index in [1.54, 1.807) is 11.3 Å². The van der Waals surface area contributed by atoms with E-state index in [4.69, 9.17) is 0 Å². The average molecular weight is 383 g/mol. The molecule has 0 bridgehead atoms. The van der Waals surface area contributed by atoms with Crippen molar-refractivity contribution in [3.63, 3.8) is 0 Å². The van der Waals surface area contributed by atoms with Gasteiger partial charge in [0, 0.05) is 30.0 Å². The summed E-state index contributed by atoms with van der Waals surface area (Å²) >= 11 is 1.59. The van der Waals surface area contributed by atoms with E-state index in [2.05, 4.69) is 31.1 Å². The van der Waals surface area contributed by atoms with E-state index >= 15 is 0 Å². The second-order valence-corrected chi connectivity index (χ2v) is 9.59. The summed E-state index contributed by atoms with van der Waals surface area (Å²) in [7, 11) is -3.68. The maximum atomic E-state index is 11.8. The maximum absolute atomic E-state index is 11.8. The van der Waals surface area contributed by atoms with Crippen LogP contribution in [0.15, 0.2) is 28.5 Å². The molecule has 1 N–H and O–H groups in total. The number of nitro benzene ring substituents is 1. The first kappa shape index (κ1) is 19.3. The summed E-state index contributed by atoms with van der Waals surface area (Å²) < 4.78 is 23.5. The Kier molecular flexibility index (Phi) is 5.48. The van der Waals surface area contributed by atoms with Crippen LogP contribution in [0, 0.1) is 10.1 Å². The van der Waals surface area contributed by atoms with Crippen LogP contribution in [0.2, 0.25) is 0 Å². The largest absolute Gasteiger partial charge is 0.379 e. The van der Waals surface area contributed by atoms with Crippen LogP contribution in [0.1, 0.15) is 31.5 Å². The highest BCUT2D eigenvalue weighted by atomic mass is 32.2. The lowest BCUT2D eigenvalue weighted by molar-refractivity contribution is -0.386. The number of nitrogens with one attached hydrogen (secondary N) is 1. The van der Waals surface area contributed by atoms with Crippen LogP contribution >= 0.6 is 11.3 Å². The van der Waals surface area contributed by atoms with Crippen LogP contribution in [0.25, 0.3) is 0 Å². The molecule has 0 fully saturated rings. The summed E-state index contributed by atoms with van der Waals surface area (Å²) in [5.41, 5.74) is 0.668. The van der Waals surface area contributed by atoms with Gasteiger partial charge in [-0.1, -0.05) is 26.8 Å². The summed E-state index contributed by atoms with van der Waals surface area (Å²) in [4.78, 5) is 14.9. The molecule has 0 aliphatic carbocycles. The van der Waals surface area contributed by atoms with Gasteiger partial charge in [-0.15, -0.1) is 11.3 Å². The van der Waals surface area contributed by atoms with Crippen molar-refractivity contribution in [1.29, 1.82) is 0 Å². The Morgan fingerprint density at radius 3 is 2.52 bits per heavy atom. The molecule has 0 saturated heterocycles. The van der Waals surface area contributed by atoms with E-state index in [0.29, 0.717) is 13.0 Å². The average Bonchev–Trinajstić information content (AvgIpc) is 2.95. The third kappa shape index (κ3) is 4.76. The molecular weight excluding hydrogens is 362 g/mol. The van der Waals surface area contributed by atoms with Gasteiger partial charge in [0.15, 0.2) is 9.84 Å². The zero-order valence-electron chi connectivity index (χ0n) is 14.6. The molecular formula is C16H21N3O4S2. The number of sulfone groups is 1. The molecule has 1 aromatic heterocycles. The van der Waals surface area contributed by atoms with Gasteiger partial charge in [0.1, 0.15) is 10.6 Å². The molecule has 0 spiro atoms. The number of aromatic nitrogens is 1. The predicted octanol–water partition coefficient (Wildman–Crippen LogP) is 3.41. The van der Waals surface area contributed by atoms with Crippen LogP contribution in [0.4, 0.5) is 11.4 Å². The first-order chi connectivity index (χ1) is 11.5. The van der Waals surface area contributed by atoms with Gasteiger partial charge in [-0.25, -0.2) is 13.4 Å². The molecule has 0 radical (unpaired) electrons. The minimum absolute atomic E-state index is 0.0149. The molecule has 0 aliphatic rings. The standard InChI is InChI=1S/C16H21N3O4S2/c1-16(2,3)15-18-11(10-24-15)8-9-17-12-6-5-7-13(25(4,22)23)14(12)19(20)21/h5-7,10,17H,8-9H2,1-4H3. The number of hydrogen-bond acceptors (Lipinski definition) is 7. The molecule has 0 atom stereocenters. The fourth-order valence-corrected chi connectivity index (χ4v) is 4.05. The minimum Gasteiger partial charge on any atom is -0.379 e. The highest BCUT2D eigenvalue weighted by molar-refractivity contribution is 7.90. The molecule has 0 aliphatic heterocycles. The number of thiazole rings is 1. The maximum Gasteiger partial charge on any atom is 0.310 e. The second kappa shape index (κ2) is 7.09. The number of anilines is 1. The Balaban J connectivity index is 2.16. The summed E-state index contributed by atoms with van der Waals surface area (Å²) in [6.07, 6.45) is 1.55.